The van der Waals surface area contributed by atoms with E-state index in [1.807, 2.05) is 23.1 Å². The first kappa shape index (κ1) is 14.8. The number of methoxy groups -OCH3 is 1. The van der Waals surface area contributed by atoms with Gasteiger partial charge >= 0.3 is 0 Å². The van der Waals surface area contributed by atoms with Crippen LogP contribution in [0.5, 0.6) is 0 Å². The molecule has 104 valence electrons. The van der Waals surface area contributed by atoms with Gasteiger partial charge in [-0.05, 0) is 40.0 Å². The Morgan fingerprint density at radius 1 is 1.63 bits per heavy atom. The number of likely N-dealkylation sites (tertiary alicyclic amines) is 1. The molecule has 1 heterocycles. The smallest absolute Gasteiger partial charge is 0.234 e. The van der Waals surface area contributed by atoms with Gasteiger partial charge in [-0.15, -0.1) is 0 Å². The molecule has 1 amide bonds. The van der Waals surface area contributed by atoms with Gasteiger partial charge in [-0.25, -0.2) is 0 Å². The molecular formula is C13H16BrClN2O2. The summed E-state index contributed by atoms with van der Waals surface area (Å²) in [6.45, 7) is 1.37. The number of hydrogen-bond acceptors (Lipinski definition) is 3. The van der Waals surface area contributed by atoms with E-state index in [0.717, 1.165) is 10.0 Å². The Kier molecular flexibility index (Phi) is 4.84. The monoisotopic (exact) mass is 346 g/mol. The third-order valence-corrected chi connectivity index (χ3v) is 4.61. The van der Waals surface area contributed by atoms with Gasteiger partial charge in [0.2, 0.25) is 5.91 Å². The van der Waals surface area contributed by atoms with Crippen LogP contribution in [0.3, 0.4) is 0 Å². The average molecular weight is 348 g/mol. The highest BCUT2D eigenvalue weighted by Gasteiger charge is 2.35. The molecule has 6 heteroatoms. The zero-order chi connectivity index (χ0) is 14.0. The Labute approximate surface area is 126 Å². The predicted octanol–water partition coefficient (Wildman–Crippen LogP) is 2.18. The van der Waals surface area contributed by atoms with Crippen LogP contribution in [0, 0.1) is 0 Å². The fourth-order valence-electron chi connectivity index (χ4n) is 2.38. The SMILES string of the molecule is CO[C@H]1C[C@@H](C(N)=O)N(Cc2ccc(Cl)c(Br)c2)C1. The van der Waals surface area contributed by atoms with Crippen molar-refractivity contribution in [3.63, 3.8) is 0 Å². The van der Waals surface area contributed by atoms with Crippen molar-refractivity contribution in [3.05, 3.63) is 33.3 Å². The van der Waals surface area contributed by atoms with Gasteiger partial charge in [0.05, 0.1) is 17.2 Å². The van der Waals surface area contributed by atoms with Gasteiger partial charge in [0.15, 0.2) is 0 Å². The molecular weight excluding hydrogens is 332 g/mol. The highest BCUT2D eigenvalue weighted by atomic mass is 79.9. The molecule has 0 bridgehead atoms. The Hall–Kier alpha value is -0.620. The molecule has 0 unspecified atom stereocenters. The molecule has 0 aliphatic carbocycles. The van der Waals surface area contributed by atoms with Crippen molar-refractivity contribution in [1.29, 1.82) is 0 Å². The minimum Gasteiger partial charge on any atom is -0.380 e. The first-order valence-electron chi connectivity index (χ1n) is 6.01. The Morgan fingerprint density at radius 2 is 2.37 bits per heavy atom. The zero-order valence-electron chi connectivity index (χ0n) is 10.6. The zero-order valence-corrected chi connectivity index (χ0v) is 12.9. The topological polar surface area (TPSA) is 55.6 Å². The number of hydrogen-bond donors (Lipinski definition) is 1. The predicted molar refractivity (Wildman–Crippen MR) is 78.0 cm³/mol. The number of halogens is 2. The molecule has 1 aliphatic heterocycles. The second-order valence-corrected chi connectivity index (χ2v) is 5.95. The summed E-state index contributed by atoms with van der Waals surface area (Å²) in [7, 11) is 1.66. The summed E-state index contributed by atoms with van der Waals surface area (Å²) in [4.78, 5) is 13.5. The fraction of sp³-hybridized carbons (Fsp3) is 0.462. The minimum atomic E-state index is -0.299. The normalized spacial score (nSPS) is 23.7. The van der Waals surface area contributed by atoms with Crippen molar-refractivity contribution in [2.45, 2.75) is 25.1 Å². The average Bonchev–Trinajstić information content (AvgIpc) is 2.77. The van der Waals surface area contributed by atoms with Crippen LogP contribution in [-0.4, -0.2) is 36.6 Å². The summed E-state index contributed by atoms with van der Waals surface area (Å²) in [5.41, 5.74) is 6.53. The van der Waals surface area contributed by atoms with Crippen molar-refractivity contribution in [1.82, 2.24) is 4.90 Å². The van der Waals surface area contributed by atoms with E-state index in [0.29, 0.717) is 24.5 Å². The molecule has 19 heavy (non-hydrogen) atoms. The van der Waals surface area contributed by atoms with Crippen LogP contribution in [0.25, 0.3) is 0 Å². The lowest BCUT2D eigenvalue weighted by molar-refractivity contribution is -0.122. The quantitative estimate of drug-likeness (QED) is 0.908. The van der Waals surface area contributed by atoms with Gasteiger partial charge in [0.1, 0.15) is 0 Å². The molecule has 1 fully saturated rings. The number of carbonyl (C=O) groups excluding carboxylic acids is 1. The minimum absolute atomic E-state index is 0.0632. The van der Waals surface area contributed by atoms with Crippen LogP contribution >= 0.6 is 27.5 Å². The van der Waals surface area contributed by atoms with Crippen molar-refractivity contribution in [2.24, 2.45) is 5.73 Å². The molecule has 2 atom stereocenters. The van der Waals surface area contributed by atoms with Crippen LogP contribution in [0.15, 0.2) is 22.7 Å². The van der Waals surface area contributed by atoms with E-state index in [9.17, 15) is 4.79 Å². The molecule has 0 spiro atoms. The number of primary amides is 1. The number of nitrogens with zero attached hydrogens (tertiary/aromatic N) is 1. The van der Waals surface area contributed by atoms with Crippen molar-refractivity contribution in [3.8, 4) is 0 Å². The first-order valence-corrected chi connectivity index (χ1v) is 7.18. The summed E-state index contributed by atoms with van der Waals surface area (Å²) in [5.74, 6) is -0.299. The standard InChI is InChI=1S/C13H16BrClN2O2/c1-19-9-5-12(13(16)18)17(7-9)6-8-2-3-11(15)10(14)4-8/h2-4,9,12H,5-7H2,1H3,(H2,16,18)/t9-,12-/m0/s1. The molecule has 1 aliphatic rings. The molecule has 0 radical (unpaired) electrons. The lowest BCUT2D eigenvalue weighted by Gasteiger charge is -2.21. The van der Waals surface area contributed by atoms with E-state index in [1.54, 1.807) is 7.11 Å². The fourth-order valence-corrected chi connectivity index (χ4v) is 2.92. The Morgan fingerprint density at radius 3 is 2.95 bits per heavy atom. The highest BCUT2D eigenvalue weighted by Crippen LogP contribution is 2.26. The summed E-state index contributed by atoms with van der Waals surface area (Å²) in [6, 6.07) is 5.48. The van der Waals surface area contributed by atoms with Crippen LogP contribution in [0.2, 0.25) is 5.02 Å². The van der Waals surface area contributed by atoms with Gasteiger partial charge in [0, 0.05) is 24.7 Å². The highest BCUT2D eigenvalue weighted by molar-refractivity contribution is 9.10. The summed E-state index contributed by atoms with van der Waals surface area (Å²) in [6.07, 6.45) is 0.717. The van der Waals surface area contributed by atoms with E-state index < -0.39 is 0 Å². The summed E-state index contributed by atoms with van der Waals surface area (Å²) >= 11 is 9.37. The van der Waals surface area contributed by atoms with Gasteiger partial charge in [-0.1, -0.05) is 17.7 Å². The van der Waals surface area contributed by atoms with Crippen molar-refractivity contribution < 1.29 is 9.53 Å². The number of carbonyl (C=O) groups is 1. The van der Waals surface area contributed by atoms with Gasteiger partial charge in [-0.3, -0.25) is 9.69 Å². The molecule has 2 N–H and O–H groups in total. The number of rotatable bonds is 4. The largest absolute Gasteiger partial charge is 0.380 e. The molecule has 1 aromatic carbocycles. The lowest BCUT2D eigenvalue weighted by Crippen LogP contribution is -2.39. The molecule has 0 aromatic heterocycles. The molecule has 0 saturated carbocycles. The Bertz CT molecular complexity index is 484. The van der Waals surface area contributed by atoms with Crippen molar-refractivity contribution >= 4 is 33.4 Å². The number of ether oxygens (including phenoxy) is 1. The van der Waals surface area contributed by atoms with Gasteiger partial charge in [0.25, 0.3) is 0 Å². The van der Waals surface area contributed by atoms with Gasteiger partial charge < -0.3 is 10.5 Å². The maximum atomic E-state index is 11.5. The molecule has 1 saturated heterocycles. The molecule has 4 nitrogen and oxygen atoms in total. The number of amides is 1. The first-order chi connectivity index (χ1) is 9.01. The molecule has 2 rings (SSSR count). The lowest BCUT2D eigenvalue weighted by atomic mass is 10.1. The van der Waals surface area contributed by atoms with Crippen LogP contribution < -0.4 is 5.73 Å². The van der Waals surface area contributed by atoms with E-state index in [4.69, 9.17) is 22.1 Å². The van der Waals surface area contributed by atoms with Gasteiger partial charge in [-0.2, -0.15) is 0 Å². The molecule has 1 aromatic rings. The third kappa shape index (κ3) is 3.48. The third-order valence-electron chi connectivity index (χ3n) is 3.40. The maximum Gasteiger partial charge on any atom is 0.234 e. The van der Waals surface area contributed by atoms with E-state index in [1.165, 1.54) is 0 Å². The van der Waals surface area contributed by atoms with Crippen LogP contribution in [-0.2, 0) is 16.1 Å². The second-order valence-electron chi connectivity index (χ2n) is 4.69. The number of benzene rings is 1. The summed E-state index contributed by atoms with van der Waals surface area (Å²) in [5, 5.41) is 0.673. The second kappa shape index (κ2) is 6.22. The summed E-state index contributed by atoms with van der Waals surface area (Å²) < 4.78 is 6.17. The van der Waals surface area contributed by atoms with Crippen molar-refractivity contribution in [2.75, 3.05) is 13.7 Å². The maximum absolute atomic E-state index is 11.5. The van der Waals surface area contributed by atoms with Crippen LogP contribution in [0.1, 0.15) is 12.0 Å². The van der Waals surface area contributed by atoms with E-state index in [2.05, 4.69) is 15.9 Å². The Balaban J connectivity index is 2.12. The van der Waals surface area contributed by atoms with Crippen LogP contribution in [0.4, 0.5) is 0 Å². The van der Waals surface area contributed by atoms with E-state index in [-0.39, 0.29) is 18.1 Å². The van der Waals surface area contributed by atoms with E-state index >= 15 is 0 Å². The number of nitrogens with two attached hydrogens (primary N) is 1.